The van der Waals surface area contributed by atoms with Crippen molar-refractivity contribution in [2.45, 2.75) is 6.18 Å². The second kappa shape index (κ2) is 3.83. The summed E-state index contributed by atoms with van der Waals surface area (Å²) in [6.45, 7) is 0. The van der Waals surface area contributed by atoms with Crippen LogP contribution in [0.15, 0.2) is 30.6 Å². The third-order valence-corrected chi connectivity index (χ3v) is 2.42. The van der Waals surface area contributed by atoms with Gasteiger partial charge in [-0.15, -0.1) is 0 Å². The van der Waals surface area contributed by atoms with Gasteiger partial charge in [0.1, 0.15) is 0 Å². The minimum absolute atomic E-state index is 0.0505. The summed E-state index contributed by atoms with van der Waals surface area (Å²) >= 11 is 5.79. The topological polar surface area (TPSA) is 28.7 Å². The second-order valence-corrected chi connectivity index (χ2v) is 3.55. The molecule has 2 aromatic rings. The standard InChI is InChI=1S/C10H6ClF3N2/c11-8-3-1-2-7(10(12,13)14)9(8)6-4-15-16-5-6/h1-5H,(H,15,16). The first-order chi connectivity index (χ1) is 7.50. The van der Waals surface area contributed by atoms with Crippen molar-refractivity contribution < 1.29 is 13.2 Å². The third kappa shape index (κ3) is 1.90. The smallest absolute Gasteiger partial charge is 0.285 e. The van der Waals surface area contributed by atoms with Gasteiger partial charge in [0.05, 0.1) is 11.8 Å². The van der Waals surface area contributed by atoms with Crippen LogP contribution >= 0.6 is 11.6 Å². The maximum Gasteiger partial charge on any atom is 0.417 e. The average Bonchev–Trinajstić information content (AvgIpc) is 2.68. The molecule has 16 heavy (non-hydrogen) atoms. The maximum absolute atomic E-state index is 12.7. The molecule has 0 saturated carbocycles. The van der Waals surface area contributed by atoms with Crippen molar-refractivity contribution in [2.24, 2.45) is 0 Å². The fourth-order valence-electron chi connectivity index (χ4n) is 1.44. The van der Waals surface area contributed by atoms with E-state index in [-0.39, 0.29) is 10.6 Å². The Morgan fingerprint density at radius 1 is 1.25 bits per heavy atom. The van der Waals surface area contributed by atoms with E-state index < -0.39 is 11.7 Å². The molecule has 0 spiro atoms. The molecule has 0 bridgehead atoms. The maximum atomic E-state index is 12.7. The number of hydrogen-bond donors (Lipinski definition) is 1. The predicted octanol–water partition coefficient (Wildman–Crippen LogP) is 3.75. The first-order valence-corrected chi connectivity index (χ1v) is 4.73. The molecule has 1 aromatic heterocycles. The SMILES string of the molecule is FC(F)(F)c1cccc(Cl)c1-c1cn[nH]c1. The van der Waals surface area contributed by atoms with E-state index in [0.29, 0.717) is 5.56 Å². The minimum Gasteiger partial charge on any atom is -0.285 e. The van der Waals surface area contributed by atoms with Crippen LogP contribution in [-0.4, -0.2) is 10.2 Å². The summed E-state index contributed by atoms with van der Waals surface area (Å²) in [6.07, 6.45) is -1.76. The molecule has 2 rings (SSSR count). The van der Waals surface area contributed by atoms with Crippen LogP contribution in [0.1, 0.15) is 5.56 Å². The van der Waals surface area contributed by atoms with Gasteiger partial charge in [0.2, 0.25) is 0 Å². The Hall–Kier alpha value is -1.49. The highest BCUT2D eigenvalue weighted by Gasteiger charge is 2.34. The molecule has 0 atom stereocenters. The third-order valence-electron chi connectivity index (χ3n) is 2.11. The van der Waals surface area contributed by atoms with Crippen LogP contribution in [0.5, 0.6) is 0 Å². The van der Waals surface area contributed by atoms with Gasteiger partial charge in [-0.05, 0) is 12.1 Å². The van der Waals surface area contributed by atoms with Crippen molar-refractivity contribution in [3.8, 4) is 11.1 Å². The zero-order chi connectivity index (χ0) is 11.8. The van der Waals surface area contributed by atoms with E-state index in [2.05, 4.69) is 10.2 Å². The van der Waals surface area contributed by atoms with Crippen LogP contribution in [-0.2, 0) is 6.18 Å². The Labute approximate surface area is 94.1 Å². The first-order valence-electron chi connectivity index (χ1n) is 4.35. The summed E-state index contributed by atoms with van der Waals surface area (Å²) < 4.78 is 38.2. The van der Waals surface area contributed by atoms with Crippen molar-refractivity contribution in [2.75, 3.05) is 0 Å². The Morgan fingerprint density at radius 2 is 2.00 bits per heavy atom. The molecular weight excluding hydrogens is 241 g/mol. The summed E-state index contributed by atoms with van der Waals surface area (Å²) in [5.74, 6) is 0. The van der Waals surface area contributed by atoms with E-state index in [1.54, 1.807) is 0 Å². The monoisotopic (exact) mass is 246 g/mol. The molecule has 1 N–H and O–H groups in total. The van der Waals surface area contributed by atoms with Crippen molar-refractivity contribution >= 4 is 11.6 Å². The van der Waals surface area contributed by atoms with E-state index in [4.69, 9.17) is 11.6 Å². The quantitative estimate of drug-likeness (QED) is 0.816. The van der Waals surface area contributed by atoms with Crippen LogP contribution < -0.4 is 0 Å². The summed E-state index contributed by atoms with van der Waals surface area (Å²) in [5.41, 5.74) is -0.496. The normalized spacial score (nSPS) is 11.8. The van der Waals surface area contributed by atoms with Gasteiger partial charge < -0.3 is 0 Å². The van der Waals surface area contributed by atoms with Crippen LogP contribution in [0.2, 0.25) is 5.02 Å². The van der Waals surface area contributed by atoms with Crippen LogP contribution in [0, 0.1) is 0 Å². The van der Waals surface area contributed by atoms with Gasteiger partial charge in [-0.25, -0.2) is 0 Å². The van der Waals surface area contributed by atoms with E-state index in [0.717, 1.165) is 6.07 Å². The fourth-order valence-corrected chi connectivity index (χ4v) is 1.73. The van der Waals surface area contributed by atoms with Crippen molar-refractivity contribution in [3.05, 3.63) is 41.2 Å². The molecule has 0 radical (unpaired) electrons. The molecule has 0 amide bonds. The second-order valence-electron chi connectivity index (χ2n) is 3.15. The Bertz CT molecular complexity index is 491. The van der Waals surface area contributed by atoms with Gasteiger partial charge in [-0.3, -0.25) is 5.10 Å². The highest BCUT2D eigenvalue weighted by Crippen LogP contribution is 2.40. The zero-order valence-corrected chi connectivity index (χ0v) is 8.60. The van der Waals surface area contributed by atoms with Gasteiger partial charge in [0.15, 0.2) is 0 Å². The van der Waals surface area contributed by atoms with E-state index >= 15 is 0 Å². The molecule has 0 unspecified atom stereocenters. The number of aromatic nitrogens is 2. The lowest BCUT2D eigenvalue weighted by molar-refractivity contribution is -0.137. The van der Waals surface area contributed by atoms with Crippen LogP contribution in [0.25, 0.3) is 11.1 Å². The number of hydrogen-bond acceptors (Lipinski definition) is 1. The Balaban J connectivity index is 2.68. The van der Waals surface area contributed by atoms with Gasteiger partial charge in [-0.2, -0.15) is 18.3 Å². The van der Waals surface area contributed by atoms with Gasteiger partial charge in [0, 0.05) is 22.3 Å². The molecule has 2 nitrogen and oxygen atoms in total. The number of aromatic amines is 1. The van der Waals surface area contributed by atoms with E-state index in [9.17, 15) is 13.2 Å². The first kappa shape index (κ1) is 11.0. The predicted molar refractivity (Wildman–Crippen MR) is 54.0 cm³/mol. The number of nitrogens with zero attached hydrogens (tertiary/aromatic N) is 1. The molecular formula is C10H6ClF3N2. The molecule has 1 aromatic carbocycles. The average molecular weight is 247 g/mol. The highest BCUT2D eigenvalue weighted by atomic mass is 35.5. The molecule has 0 fully saturated rings. The number of nitrogens with one attached hydrogen (secondary N) is 1. The number of alkyl halides is 3. The summed E-state index contributed by atoms with van der Waals surface area (Å²) in [4.78, 5) is 0. The van der Waals surface area contributed by atoms with Gasteiger partial charge in [-0.1, -0.05) is 17.7 Å². The molecule has 1 heterocycles. The lowest BCUT2D eigenvalue weighted by Gasteiger charge is -2.12. The zero-order valence-electron chi connectivity index (χ0n) is 7.85. The van der Waals surface area contributed by atoms with Gasteiger partial charge in [0.25, 0.3) is 0 Å². The number of H-pyrrole nitrogens is 1. The molecule has 84 valence electrons. The number of rotatable bonds is 1. The van der Waals surface area contributed by atoms with E-state index in [1.165, 1.54) is 24.5 Å². The minimum atomic E-state index is -4.43. The Kier molecular flexibility index (Phi) is 2.63. The van der Waals surface area contributed by atoms with Crippen molar-refractivity contribution in [3.63, 3.8) is 0 Å². The highest BCUT2D eigenvalue weighted by molar-refractivity contribution is 6.33. The number of halogens is 4. The largest absolute Gasteiger partial charge is 0.417 e. The number of benzene rings is 1. The fraction of sp³-hybridized carbons (Fsp3) is 0.100. The molecule has 0 aliphatic carbocycles. The van der Waals surface area contributed by atoms with Crippen molar-refractivity contribution in [1.29, 1.82) is 0 Å². The summed E-state index contributed by atoms with van der Waals surface area (Å²) in [5, 5.41) is 6.12. The Morgan fingerprint density at radius 3 is 2.56 bits per heavy atom. The van der Waals surface area contributed by atoms with Crippen molar-refractivity contribution in [1.82, 2.24) is 10.2 Å². The van der Waals surface area contributed by atoms with Crippen LogP contribution in [0.3, 0.4) is 0 Å². The summed E-state index contributed by atoms with van der Waals surface area (Å²) in [6, 6.07) is 3.68. The van der Waals surface area contributed by atoms with E-state index in [1.807, 2.05) is 0 Å². The summed E-state index contributed by atoms with van der Waals surface area (Å²) in [7, 11) is 0. The lowest BCUT2D eigenvalue weighted by atomic mass is 10.0. The lowest BCUT2D eigenvalue weighted by Crippen LogP contribution is -2.07. The van der Waals surface area contributed by atoms with Gasteiger partial charge >= 0.3 is 6.18 Å². The van der Waals surface area contributed by atoms with Crippen LogP contribution in [0.4, 0.5) is 13.2 Å². The molecule has 0 aliphatic heterocycles. The molecule has 0 aliphatic rings. The molecule has 0 saturated heterocycles. The molecule has 6 heteroatoms.